The number of nitrogens with one attached hydrogen (secondary N) is 1. The molecule has 0 aliphatic heterocycles. The minimum atomic E-state index is -0.00888. The summed E-state index contributed by atoms with van der Waals surface area (Å²) in [6.45, 7) is 4.72. The lowest BCUT2D eigenvalue weighted by atomic mass is 10.1. The molecule has 0 fully saturated rings. The topological polar surface area (TPSA) is 50.2 Å². The fraction of sp³-hybridized carbons (Fsp3) is 0.412. The van der Waals surface area contributed by atoms with Crippen molar-refractivity contribution in [2.24, 2.45) is 7.05 Å². The molecule has 1 N–H and O–H groups in total. The van der Waals surface area contributed by atoms with Gasteiger partial charge >= 0.3 is 0 Å². The average Bonchev–Trinajstić information content (AvgIpc) is 2.67. The zero-order valence-electron chi connectivity index (χ0n) is 14.0. The standard InChI is InChI=1S/C17H24N4O/c1-12-15(13(2)21(5)19-12)10-17(22)18-16-9-7-6-8-14(16)11-20(3)4/h6-9H,10-11H2,1-5H3,(H,18,22). The Bertz CT molecular complexity index is 673. The van der Waals surface area contributed by atoms with Gasteiger partial charge in [0.25, 0.3) is 0 Å². The monoisotopic (exact) mass is 300 g/mol. The molecule has 22 heavy (non-hydrogen) atoms. The van der Waals surface area contributed by atoms with Crippen molar-refractivity contribution in [2.45, 2.75) is 26.8 Å². The van der Waals surface area contributed by atoms with Gasteiger partial charge in [0.05, 0.1) is 12.1 Å². The normalized spacial score (nSPS) is 11.0. The second-order valence-corrected chi connectivity index (χ2v) is 5.89. The predicted molar refractivity (Wildman–Crippen MR) is 88.8 cm³/mol. The lowest BCUT2D eigenvalue weighted by Crippen LogP contribution is -2.18. The maximum atomic E-state index is 12.4. The summed E-state index contributed by atoms with van der Waals surface area (Å²) in [7, 11) is 5.93. The Labute approximate surface area is 131 Å². The van der Waals surface area contributed by atoms with Gasteiger partial charge in [-0.15, -0.1) is 0 Å². The largest absolute Gasteiger partial charge is 0.325 e. The minimum absolute atomic E-state index is 0.00888. The van der Waals surface area contributed by atoms with Crippen LogP contribution in [0.15, 0.2) is 24.3 Å². The van der Waals surface area contributed by atoms with Crippen LogP contribution < -0.4 is 5.32 Å². The van der Waals surface area contributed by atoms with Crippen molar-refractivity contribution in [3.63, 3.8) is 0 Å². The number of aryl methyl sites for hydroxylation is 2. The third-order valence-electron chi connectivity index (χ3n) is 3.77. The van der Waals surface area contributed by atoms with Crippen LogP contribution in [0.1, 0.15) is 22.5 Å². The molecule has 0 unspecified atom stereocenters. The molecule has 5 nitrogen and oxygen atoms in total. The summed E-state index contributed by atoms with van der Waals surface area (Å²) in [6, 6.07) is 7.91. The van der Waals surface area contributed by atoms with E-state index in [0.717, 1.165) is 34.7 Å². The maximum Gasteiger partial charge on any atom is 0.228 e. The van der Waals surface area contributed by atoms with E-state index in [1.165, 1.54) is 0 Å². The number of anilines is 1. The fourth-order valence-electron chi connectivity index (χ4n) is 2.55. The van der Waals surface area contributed by atoms with Gasteiger partial charge in [0.1, 0.15) is 0 Å². The summed E-state index contributed by atoms with van der Waals surface area (Å²) in [4.78, 5) is 14.5. The van der Waals surface area contributed by atoms with Crippen LogP contribution >= 0.6 is 0 Å². The van der Waals surface area contributed by atoms with E-state index in [-0.39, 0.29) is 5.91 Å². The van der Waals surface area contributed by atoms with Gasteiger partial charge in [0.15, 0.2) is 0 Å². The zero-order valence-corrected chi connectivity index (χ0v) is 14.0. The fourth-order valence-corrected chi connectivity index (χ4v) is 2.55. The summed E-state index contributed by atoms with van der Waals surface area (Å²) in [6.07, 6.45) is 0.349. The van der Waals surface area contributed by atoms with Gasteiger partial charge in [-0.25, -0.2) is 0 Å². The molecule has 0 saturated heterocycles. The Kier molecular flexibility index (Phi) is 4.98. The molecule has 0 aliphatic carbocycles. The molecule has 0 spiro atoms. The number of amides is 1. The van der Waals surface area contributed by atoms with Gasteiger partial charge in [0.2, 0.25) is 5.91 Å². The molecule has 1 aromatic carbocycles. The van der Waals surface area contributed by atoms with E-state index in [4.69, 9.17) is 0 Å². The van der Waals surface area contributed by atoms with Crippen LogP contribution in [0.3, 0.4) is 0 Å². The van der Waals surface area contributed by atoms with Crippen molar-refractivity contribution in [3.05, 3.63) is 46.8 Å². The molecule has 2 rings (SSSR count). The number of benzene rings is 1. The van der Waals surface area contributed by atoms with Gasteiger partial charge in [-0.05, 0) is 39.6 Å². The first-order valence-corrected chi connectivity index (χ1v) is 7.40. The van der Waals surface area contributed by atoms with Crippen LogP contribution in [0.25, 0.3) is 0 Å². The van der Waals surface area contributed by atoms with E-state index in [1.54, 1.807) is 0 Å². The third kappa shape index (κ3) is 3.74. The van der Waals surface area contributed by atoms with Crippen molar-refractivity contribution >= 4 is 11.6 Å². The minimum Gasteiger partial charge on any atom is -0.325 e. The first-order valence-electron chi connectivity index (χ1n) is 7.40. The van der Waals surface area contributed by atoms with Gasteiger partial charge in [-0.2, -0.15) is 5.10 Å². The number of hydrogen-bond donors (Lipinski definition) is 1. The molecular weight excluding hydrogens is 276 g/mol. The molecule has 1 heterocycles. The van der Waals surface area contributed by atoms with Crippen molar-refractivity contribution in [2.75, 3.05) is 19.4 Å². The molecule has 0 atom stereocenters. The predicted octanol–water partition coefficient (Wildman–Crippen LogP) is 2.28. The summed E-state index contributed by atoms with van der Waals surface area (Å²) in [5, 5.41) is 7.38. The van der Waals surface area contributed by atoms with E-state index in [0.29, 0.717) is 6.42 Å². The van der Waals surface area contributed by atoms with Gasteiger partial charge in [-0.1, -0.05) is 18.2 Å². The van der Waals surface area contributed by atoms with E-state index < -0.39 is 0 Å². The molecule has 0 bridgehead atoms. The first kappa shape index (κ1) is 16.2. The van der Waals surface area contributed by atoms with E-state index >= 15 is 0 Å². The van der Waals surface area contributed by atoms with Crippen LogP contribution in [-0.4, -0.2) is 34.7 Å². The Balaban J connectivity index is 2.12. The Morgan fingerprint density at radius 3 is 2.55 bits per heavy atom. The van der Waals surface area contributed by atoms with Crippen molar-refractivity contribution in [1.29, 1.82) is 0 Å². The highest BCUT2D eigenvalue weighted by molar-refractivity contribution is 5.93. The first-order chi connectivity index (χ1) is 10.4. The Morgan fingerprint density at radius 1 is 1.27 bits per heavy atom. The SMILES string of the molecule is Cc1nn(C)c(C)c1CC(=O)Nc1ccccc1CN(C)C. The molecule has 2 aromatic rings. The number of carbonyl (C=O) groups excluding carboxylic acids is 1. The van der Waals surface area contributed by atoms with Crippen LogP contribution in [0.5, 0.6) is 0 Å². The van der Waals surface area contributed by atoms with Crippen LogP contribution in [0.2, 0.25) is 0 Å². The second-order valence-electron chi connectivity index (χ2n) is 5.89. The van der Waals surface area contributed by atoms with Crippen LogP contribution in [-0.2, 0) is 24.8 Å². The molecule has 0 aliphatic rings. The van der Waals surface area contributed by atoms with Crippen LogP contribution in [0, 0.1) is 13.8 Å². The second kappa shape index (κ2) is 6.75. The molecule has 1 amide bonds. The zero-order chi connectivity index (χ0) is 16.3. The number of nitrogens with zero attached hydrogens (tertiary/aromatic N) is 3. The van der Waals surface area contributed by atoms with Crippen molar-refractivity contribution < 1.29 is 4.79 Å². The quantitative estimate of drug-likeness (QED) is 0.921. The Morgan fingerprint density at radius 2 is 1.95 bits per heavy atom. The number of rotatable bonds is 5. The molecule has 0 saturated carbocycles. The van der Waals surface area contributed by atoms with Gasteiger partial charge in [-0.3, -0.25) is 9.48 Å². The van der Waals surface area contributed by atoms with Crippen molar-refractivity contribution in [3.8, 4) is 0 Å². The summed E-state index contributed by atoms with van der Waals surface area (Å²) in [5.41, 5.74) is 4.94. The number of carbonyl (C=O) groups is 1. The highest BCUT2D eigenvalue weighted by Gasteiger charge is 2.14. The number of aromatic nitrogens is 2. The average molecular weight is 300 g/mol. The summed E-state index contributed by atoms with van der Waals surface area (Å²) >= 11 is 0. The maximum absolute atomic E-state index is 12.4. The van der Waals surface area contributed by atoms with E-state index in [1.807, 2.05) is 63.9 Å². The number of para-hydroxylation sites is 1. The lowest BCUT2D eigenvalue weighted by Gasteiger charge is -2.15. The highest BCUT2D eigenvalue weighted by Crippen LogP contribution is 2.18. The van der Waals surface area contributed by atoms with Crippen molar-refractivity contribution in [1.82, 2.24) is 14.7 Å². The third-order valence-corrected chi connectivity index (χ3v) is 3.77. The molecule has 5 heteroatoms. The summed E-state index contributed by atoms with van der Waals surface area (Å²) in [5.74, 6) is -0.00888. The molecule has 118 valence electrons. The number of hydrogen-bond acceptors (Lipinski definition) is 3. The molecule has 0 radical (unpaired) electrons. The molecular formula is C17H24N4O. The smallest absolute Gasteiger partial charge is 0.228 e. The molecule has 1 aromatic heterocycles. The van der Waals surface area contributed by atoms with E-state index in [9.17, 15) is 4.79 Å². The van der Waals surface area contributed by atoms with Gasteiger partial charge < -0.3 is 10.2 Å². The highest BCUT2D eigenvalue weighted by atomic mass is 16.1. The Hall–Kier alpha value is -2.14. The lowest BCUT2D eigenvalue weighted by molar-refractivity contribution is -0.115. The van der Waals surface area contributed by atoms with Crippen LogP contribution in [0.4, 0.5) is 5.69 Å². The van der Waals surface area contributed by atoms with E-state index in [2.05, 4.69) is 15.3 Å². The summed E-state index contributed by atoms with van der Waals surface area (Å²) < 4.78 is 1.82. The van der Waals surface area contributed by atoms with Gasteiger partial charge in [0, 0.05) is 30.5 Å².